The number of amides is 1. The molecule has 0 unspecified atom stereocenters. The van der Waals surface area contributed by atoms with E-state index in [0.29, 0.717) is 0 Å². The van der Waals surface area contributed by atoms with Gasteiger partial charge in [-0.05, 0) is 60.9 Å². The van der Waals surface area contributed by atoms with Crippen molar-refractivity contribution in [1.29, 1.82) is 0 Å². The zero-order chi connectivity index (χ0) is 19.7. The molecule has 0 spiro atoms. The van der Waals surface area contributed by atoms with Crippen molar-refractivity contribution in [2.75, 3.05) is 20.1 Å². The van der Waals surface area contributed by atoms with Gasteiger partial charge in [-0.15, -0.1) is 0 Å². The lowest BCUT2D eigenvalue weighted by Gasteiger charge is -2.09. The Hall–Kier alpha value is -3.18. The topological polar surface area (TPSA) is 64.2 Å². The van der Waals surface area contributed by atoms with Gasteiger partial charge < -0.3 is 5.73 Å². The van der Waals surface area contributed by atoms with Gasteiger partial charge in [0.2, 0.25) is 0 Å². The van der Waals surface area contributed by atoms with Gasteiger partial charge in [0.05, 0.1) is 5.69 Å². The standard InChI is InChI=1S/C23H24N4O/c1-16-13-22(23(24)28)25-27(16)21-9-5-18(6-10-21)14-17-3-7-19(8-4-17)20-11-12-26(2)15-20/h3-11,13H,12,14-15H2,1-2H3,(H2,24,28). The molecule has 142 valence electrons. The van der Waals surface area contributed by atoms with Crippen LogP contribution in [0.1, 0.15) is 32.9 Å². The van der Waals surface area contributed by atoms with Crippen molar-refractivity contribution < 1.29 is 4.79 Å². The van der Waals surface area contributed by atoms with E-state index in [-0.39, 0.29) is 5.69 Å². The molecule has 28 heavy (non-hydrogen) atoms. The number of likely N-dealkylation sites (N-methyl/N-ethyl adjacent to an activating group) is 1. The number of nitrogens with zero attached hydrogens (tertiary/aromatic N) is 3. The Bertz CT molecular complexity index is 1030. The van der Waals surface area contributed by atoms with Crippen molar-refractivity contribution in [1.82, 2.24) is 14.7 Å². The Balaban J connectivity index is 1.47. The first-order valence-electron chi connectivity index (χ1n) is 9.42. The summed E-state index contributed by atoms with van der Waals surface area (Å²) >= 11 is 0. The fourth-order valence-corrected chi connectivity index (χ4v) is 3.58. The number of benzene rings is 2. The van der Waals surface area contributed by atoms with Crippen LogP contribution in [0, 0.1) is 6.92 Å². The molecule has 3 aromatic rings. The largest absolute Gasteiger partial charge is 0.364 e. The minimum Gasteiger partial charge on any atom is -0.364 e. The average molecular weight is 372 g/mol. The number of carbonyl (C=O) groups is 1. The van der Waals surface area contributed by atoms with Gasteiger partial charge in [-0.25, -0.2) is 4.68 Å². The molecule has 2 heterocycles. The molecule has 0 radical (unpaired) electrons. The molecule has 5 heteroatoms. The summed E-state index contributed by atoms with van der Waals surface area (Å²) in [5.74, 6) is -0.512. The van der Waals surface area contributed by atoms with E-state index in [0.717, 1.165) is 30.9 Å². The summed E-state index contributed by atoms with van der Waals surface area (Å²) in [4.78, 5) is 13.6. The second kappa shape index (κ2) is 7.44. The summed E-state index contributed by atoms with van der Waals surface area (Å²) in [6.07, 6.45) is 3.18. The quantitative estimate of drug-likeness (QED) is 0.748. The van der Waals surface area contributed by atoms with Crippen molar-refractivity contribution in [3.63, 3.8) is 0 Å². The fourth-order valence-electron chi connectivity index (χ4n) is 3.58. The van der Waals surface area contributed by atoms with Crippen molar-refractivity contribution in [3.8, 4) is 5.69 Å². The van der Waals surface area contributed by atoms with Crippen LogP contribution in [0.3, 0.4) is 0 Å². The average Bonchev–Trinajstić information content (AvgIpc) is 3.29. The molecule has 1 aliphatic heterocycles. The van der Waals surface area contributed by atoms with Crippen LogP contribution in [-0.4, -0.2) is 40.7 Å². The van der Waals surface area contributed by atoms with Gasteiger partial charge >= 0.3 is 0 Å². The lowest BCUT2D eigenvalue weighted by molar-refractivity contribution is 0.0995. The molecule has 2 N–H and O–H groups in total. The van der Waals surface area contributed by atoms with Crippen LogP contribution in [0.4, 0.5) is 0 Å². The summed E-state index contributed by atoms with van der Waals surface area (Å²) in [6.45, 7) is 3.96. The minimum absolute atomic E-state index is 0.283. The van der Waals surface area contributed by atoms with Crippen LogP contribution in [0.2, 0.25) is 0 Å². The van der Waals surface area contributed by atoms with Crippen molar-refractivity contribution in [3.05, 3.63) is 88.8 Å². The molecule has 0 saturated heterocycles. The van der Waals surface area contributed by atoms with Crippen LogP contribution in [0.25, 0.3) is 11.3 Å². The smallest absolute Gasteiger partial charge is 0.269 e. The van der Waals surface area contributed by atoms with Gasteiger partial charge in [0.15, 0.2) is 5.69 Å². The first kappa shape index (κ1) is 18.2. The molecule has 1 aliphatic rings. The maximum Gasteiger partial charge on any atom is 0.269 e. The molecular weight excluding hydrogens is 348 g/mol. The van der Waals surface area contributed by atoms with Gasteiger partial charge in [-0.2, -0.15) is 5.10 Å². The van der Waals surface area contributed by atoms with E-state index in [9.17, 15) is 4.79 Å². The first-order chi connectivity index (χ1) is 13.5. The second-order valence-electron chi connectivity index (χ2n) is 7.41. The third-order valence-electron chi connectivity index (χ3n) is 5.14. The maximum atomic E-state index is 11.3. The highest BCUT2D eigenvalue weighted by Crippen LogP contribution is 2.22. The van der Waals surface area contributed by atoms with Gasteiger partial charge in [-0.1, -0.05) is 42.5 Å². The van der Waals surface area contributed by atoms with E-state index in [2.05, 4.69) is 59.5 Å². The third kappa shape index (κ3) is 3.75. The highest BCUT2D eigenvalue weighted by atomic mass is 16.1. The van der Waals surface area contributed by atoms with Crippen LogP contribution < -0.4 is 5.73 Å². The lowest BCUT2D eigenvalue weighted by atomic mass is 10.0. The Morgan fingerprint density at radius 1 is 1.07 bits per heavy atom. The summed E-state index contributed by atoms with van der Waals surface area (Å²) in [5.41, 5.74) is 12.6. The van der Waals surface area contributed by atoms with Gasteiger partial charge in [0.25, 0.3) is 5.91 Å². The second-order valence-corrected chi connectivity index (χ2v) is 7.41. The van der Waals surface area contributed by atoms with E-state index in [4.69, 9.17) is 5.73 Å². The molecule has 5 nitrogen and oxygen atoms in total. The monoisotopic (exact) mass is 372 g/mol. The van der Waals surface area contributed by atoms with Gasteiger partial charge in [0.1, 0.15) is 0 Å². The summed E-state index contributed by atoms with van der Waals surface area (Å²) < 4.78 is 1.74. The number of hydrogen-bond donors (Lipinski definition) is 1. The predicted octanol–water partition coefficient (Wildman–Crippen LogP) is 3.20. The number of aromatic nitrogens is 2. The van der Waals surface area contributed by atoms with E-state index in [1.807, 2.05) is 19.1 Å². The lowest BCUT2D eigenvalue weighted by Crippen LogP contribution is -2.13. The fraction of sp³-hybridized carbons (Fsp3) is 0.217. The molecular formula is C23H24N4O. The first-order valence-corrected chi connectivity index (χ1v) is 9.42. The predicted molar refractivity (Wildman–Crippen MR) is 112 cm³/mol. The Labute approximate surface area is 165 Å². The molecule has 0 fully saturated rings. The van der Waals surface area contributed by atoms with Crippen LogP contribution in [0.5, 0.6) is 0 Å². The van der Waals surface area contributed by atoms with E-state index in [1.165, 1.54) is 22.3 Å². The highest BCUT2D eigenvalue weighted by Gasteiger charge is 2.12. The molecule has 0 aliphatic carbocycles. The number of aryl methyl sites for hydroxylation is 1. The number of carbonyl (C=O) groups excluding carboxylic acids is 1. The van der Waals surface area contributed by atoms with Crippen LogP contribution in [0.15, 0.2) is 60.7 Å². The number of nitrogens with two attached hydrogens (primary N) is 1. The van der Waals surface area contributed by atoms with E-state index >= 15 is 0 Å². The van der Waals surface area contributed by atoms with Gasteiger partial charge in [-0.3, -0.25) is 9.69 Å². The number of hydrogen-bond acceptors (Lipinski definition) is 3. The number of primary amides is 1. The maximum absolute atomic E-state index is 11.3. The van der Waals surface area contributed by atoms with E-state index < -0.39 is 5.91 Å². The Kier molecular flexibility index (Phi) is 4.84. The molecule has 2 aromatic carbocycles. The third-order valence-corrected chi connectivity index (χ3v) is 5.14. The molecule has 0 bridgehead atoms. The number of rotatable bonds is 5. The van der Waals surface area contributed by atoms with Crippen molar-refractivity contribution in [2.24, 2.45) is 5.73 Å². The molecule has 4 rings (SSSR count). The van der Waals surface area contributed by atoms with Crippen LogP contribution in [-0.2, 0) is 6.42 Å². The van der Waals surface area contributed by atoms with Gasteiger partial charge in [0, 0.05) is 18.8 Å². The highest BCUT2D eigenvalue weighted by molar-refractivity contribution is 5.90. The molecule has 0 atom stereocenters. The summed E-state index contributed by atoms with van der Waals surface area (Å²) in [5, 5.41) is 4.28. The van der Waals surface area contributed by atoms with Crippen molar-refractivity contribution >= 4 is 11.5 Å². The zero-order valence-corrected chi connectivity index (χ0v) is 16.2. The Morgan fingerprint density at radius 2 is 1.71 bits per heavy atom. The molecule has 1 aromatic heterocycles. The normalized spacial score (nSPS) is 14.3. The van der Waals surface area contributed by atoms with Crippen molar-refractivity contribution in [2.45, 2.75) is 13.3 Å². The SMILES string of the molecule is Cc1cc(C(N)=O)nn1-c1ccc(Cc2ccc(C3=CCN(C)C3)cc2)cc1. The summed E-state index contributed by atoms with van der Waals surface area (Å²) in [6, 6.07) is 18.8. The van der Waals surface area contributed by atoms with Crippen LogP contribution >= 0.6 is 0 Å². The summed E-state index contributed by atoms with van der Waals surface area (Å²) in [7, 11) is 2.14. The molecule has 1 amide bonds. The zero-order valence-electron chi connectivity index (χ0n) is 16.2. The van der Waals surface area contributed by atoms with E-state index in [1.54, 1.807) is 10.7 Å². The molecule has 0 saturated carbocycles. The Morgan fingerprint density at radius 3 is 2.25 bits per heavy atom. The minimum atomic E-state index is -0.512.